The third-order valence-corrected chi connectivity index (χ3v) is 4.45. The first kappa shape index (κ1) is 15.6. The second-order valence-electron chi connectivity index (χ2n) is 5.07. The van der Waals surface area contributed by atoms with Gasteiger partial charge in [-0.15, -0.1) is 11.3 Å². The molecule has 0 aliphatic heterocycles. The van der Waals surface area contributed by atoms with E-state index in [1.165, 1.54) is 0 Å². The van der Waals surface area contributed by atoms with Crippen molar-refractivity contribution in [1.82, 2.24) is 19.9 Å². The summed E-state index contributed by atoms with van der Waals surface area (Å²) in [6.07, 6.45) is 1.79. The molecule has 120 valence electrons. The molecule has 3 aromatic rings. The van der Waals surface area contributed by atoms with Crippen LogP contribution in [0.15, 0.2) is 12.3 Å². The maximum absolute atomic E-state index is 6.15. The van der Waals surface area contributed by atoms with Crippen LogP contribution in [-0.2, 0) is 4.74 Å². The molecule has 0 aliphatic carbocycles. The van der Waals surface area contributed by atoms with E-state index in [0.29, 0.717) is 24.9 Å². The number of pyridine rings is 1. The Bertz CT molecular complexity index is 824. The van der Waals surface area contributed by atoms with Gasteiger partial charge in [0.1, 0.15) is 16.3 Å². The zero-order valence-electron chi connectivity index (χ0n) is 13.3. The number of methoxy groups -OCH3 is 1. The first-order chi connectivity index (χ1) is 11.1. The zero-order chi connectivity index (χ0) is 16.4. The van der Waals surface area contributed by atoms with Crippen LogP contribution >= 0.6 is 11.3 Å². The summed E-state index contributed by atoms with van der Waals surface area (Å²) < 4.78 is 6.08. The molecule has 3 heterocycles. The minimum Gasteiger partial charge on any atom is -0.383 e. The molecule has 0 saturated carbocycles. The predicted molar refractivity (Wildman–Crippen MR) is 92.7 cm³/mol. The maximum atomic E-state index is 6.15. The number of nitrogen functional groups attached to an aromatic ring is 1. The molecule has 0 aliphatic rings. The first-order valence-electron chi connectivity index (χ1n) is 7.19. The summed E-state index contributed by atoms with van der Waals surface area (Å²) in [5.74, 6) is 0.918. The molecule has 3 N–H and O–H groups in total. The molecule has 0 radical (unpaired) electrons. The molecule has 0 aromatic carbocycles. The highest BCUT2D eigenvalue weighted by molar-refractivity contribution is 7.21. The van der Waals surface area contributed by atoms with Crippen molar-refractivity contribution in [3.63, 3.8) is 0 Å². The second-order valence-corrected chi connectivity index (χ2v) is 6.11. The van der Waals surface area contributed by atoms with Gasteiger partial charge < -0.3 is 15.8 Å². The van der Waals surface area contributed by atoms with Crippen LogP contribution in [0.3, 0.4) is 0 Å². The molecule has 8 heteroatoms. The summed E-state index contributed by atoms with van der Waals surface area (Å²) in [6, 6.07) is 1.95. The highest BCUT2D eigenvalue weighted by atomic mass is 32.1. The van der Waals surface area contributed by atoms with Crippen molar-refractivity contribution in [2.45, 2.75) is 13.8 Å². The number of aromatic nitrogens is 4. The molecule has 0 saturated heterocycles. The third kappa shape index (κ3) is 3.08. The lowest BCUT2D eigenvalue weighted by atomic mass is 10.2. The molecule has 3 rings (SSSR count). The van der Waals surface area contributed by atoms with E-state index < -0.39 is 0 Å². The van der Waals surface area contributed by atoms with Crippen molar-refractivity contribution in [3.05, 3.63) is 23.7 Å². The number of hydrogen-bond acceptors (Lipinski definition) is 8. The molecule has 23 heavy (non-hydrogen) atoms. The number of anilines is 2. The van der Waals surface area contributed by atoms with E-state index >= 15 is 0 Å². The van der Waals surface area contributed by atoms with Gasteiger partial charge in [-0.05, 0) is 19.9 Å². The average molecular weight is 330 g/mol. The Kier molecular flexibility index (Phi) is 4.35. The molecule has 0 bridgehead atoms. The Hall–Kier alpha value is -2.32. The Morgan fingerprint density at radius 3 is 2.74 bits per heavy atom. The number of rotatable bonds is 5. The lowest BCUT2D eigenvalue weighted by Gasteiger charge is -2.09. The molecule has 3 aromatic heterocycles. The topological polar surface area (TPSA) is 98.8 Å². The number of nitrogens with two attached hydrogens (primary N) is 1. The molecule has 0 fully saturated rings. The van der Waals surface area contributed by atoms with Crippen LogP contribution < -0.4 is 11.1 Å². The summed E-state index contributed by atoms with van der Waals surface area (Å²) in [6.45, 7) is 5.06. The highest BCUT2D eigenvalue weighted by Crippen LogP contribution is 2.35. The van der Waals surface area contributed by atoms with Gasteiger partial charge in [0.15, 0.2) is 0 Å². The standard InChI is InChI=1S/C15H18N6OS/c1-8-11(13(16)21-15(19-8)18-6-7-22-3)14-20-12-9(2)17-5-4-10(12)23-14/h4-5H,6-7H2,1-3H3,(H3,16,18,19,21). The number of nitrogens with zero attached hydrogens (tertiary/aromatic N) is 4. The fourth-order valence-electron chi connectivity index (χ4n) is 2.29. The van der Waals surface area contributed by atoms with Crippen LogP contribution in [0.5, 0.6) is 0 Å². The number of aryl methyl sites for hydroxylation is 2. The van der Waals surface area contributed by atoms with Gasteiger partial charge in [0.25, 0.3) is 0 Å². The predicted octanol–water partition coefficient (Wildman–Crippen LogP) is 2.41. The number of thiazole rings is 1. The van der Waals surface area contributed by atoms with Gasteiger partial charge >= 0.3 is 0 Å². The fraction of sp³-hybridized carbons (Fsp3) is 0.333. The van der Waals surface area contributed by atoms with Gasteiger partial charge in [-0.1, -0.05) is 0 Å². The quantitative estimate of drug-likeness (QED) is 0.693. The van der Waals surface area contributed by atoms with Crippen molar-refractivity contribution >= 4 is 33.3 Å². The number of ether oxygens (including phenoxy) is 1. The van der Waals surface area contributed by atoms with Crippen LogP contribution in [0.4, 0.5) is 11.8 Å². The van der Waals surface area contributed by atoms with E-state index in [1.807, 2.05) is 19.9 Å². The number of fused-ring (bicyclic) bond motifs is 1. The lowest BCUT2D eigenvalue weighted by molar-refractivity contribution is 0.210. The van der Waals surface area contributed by atoms with E-state index in [-0.39, 0.29) is 0 Å². The summed E-state index contributed by atoms with van der Waals surface area (Å²) >= 11 is 1.57. The third-order valence-electron chi connectivity index (χ3n) is 3.41. The van der Waals surface area contributed by atoms with E-state index in [4.69, 9.17) is 10.5 Å². The molecule has 0 unspecified atom stereocenters. The van der Waals surface area contributed by atoms with E-state index in [2.05, 4.69) is 25.3 Å². The van der Waals surface area contributed by atoms with Crippen LogP contribution in [0, 0.1) is 13.8 Å². The molecular weight excluding hydrogens is 312 g/mol. The van der Waals surface area contributed by atoms with Gasteiger partial charge in [0.05, 0.1) is 28.3 Å². The minimum absolute atomic E-state index is 0.419. The van der Waals surface area contributed by atoms with E-state index in [1.54, 1.807) is 24.6 Å². The minimum atomic E-state index is 0.419. The van der Waals surface area contributed by atoms with Gasteiger partial charge in [0.2, 0.25) is 5.95 Å². The molecule has 0 atom stereocenters. The van der Waals surface area contributed by atoms with Crippen molar-refractivity contribution < 1.29 is 4.74 Å². The SMILES string of the molecule is COCCNc1nc(C)c(-c2nc3c(C)nccc3s2)c(N)n1. The van der Waals surface area contributed by atoms with Crippen molar-refractivity contribution in [2.75, 3.05) is 31.3 Å². The van der Waals surface area contributed by atoms with Gasteiger partial charge in [-0.25, -0.2) is 9.97 Å². The Balaban J connectivity index is 1.99. The molecule has 7 nitrogen and oxygen atoms in total. The summed E-state index contributed by atoms with van der Waals surface area (Å²) in [5.41, 5.74) is 9.52. The van der Waals surface area contributed by atoms with Crippen LogP contribution in [0.25, 0.3) is 20.8 Å². The van der Waals surface area contributed by atoms with Crippen LogP contribution in [-0.4, -0.2) is 40.2 Å². The summed E-state index contributed by atoms with van der Waals surface area (Å²) in [7, 11) is 1.65. The highest BCUT2D eigenvalue weighted by Gasteiger charge is 2.16. The van der Waals surface area contributed by atoms with Gasteiger partial charge in [-0.3, -0.25) is 4.98 Å². The zero-order valence-corrected chi connectivity index (χ0v) is 14.1. The van der Waals surface area contributed by atoms with E-state index in [0.717, 1.165) is 32.2 Å². The van der Waals surface area contributed by atoms with Crippen molar-refractivity contribution in [1.29, 1.82) is 0 Å². The average Bonchev–Trinajstić information content (AvgIpc) is 2.92. The Morgan fingerprint density at radius 1 is 1.22 bits per heavy atom. The number of hydrogen-bond donors (Lipinski definition) is 2. The lowest BCUT2D eigenvalue weighted by Crippen LogP contribution is -2.12. The van der Waals surface area contributed by atoms with Crippen molar-refractivity contribution in [3.8, 4) is 10.6 Å². The maximum Gasteiger partial charge on any atom is 0.224 e. The summed E-state index contributed by atoms with van der Waals surface area (Å²) in [5, 5.41) is 3.90. The van der Waals surface area contributed by atoms with E-state index in [9.17, 15) is 0 Å². The normalized spacial score (nSPS) is 11.1. The fourth-order valence-corrected chi connectivity index (χ4v) is 3.41. The van der Waals surface area contributed by atoms with Crippen LogP contribution in [0.1, 0.15) is 11.4 Å². The molecular formula is C15H18N6OS. The number of nitrogens with one attached hydrogen (secondary N) is 1. The largest absolute Gasteiger partial charge is 0.383 e. The van der Waals surface area contributed by atoms with Gasteiger partial charge in [0, 0.05) is 19.9 Å². The molecule has 0 amide bonds. The summed E-state index contributed by atoms with van der Waals surface area (Å²) in [4.78, 5) is 17.7. The molecule has 0 spiro atoms. The van der Waals surface area contributed by atoms with Gasteiger partial charge in [-0.2, -0.15) is 4.98 Å². The monoisotopic (exact) mass is 330 g/mol. The van der Waals surface area contributed by atoms with Crippen LogP contribution in [0.2, 0.25) is 0 Å². The van der Waals surface area contributed by atoms with Crippen molar-refractivity contribution in [2.24, 2.45) is 0 Å². The smallest absolute Gasteiger partial charge is 0.224 e. The second kappa shape index (κ2) is 6.43. The first-order valence-corrected chi connectivity index (χ1v) is 8.01. The Morgan fingerprint density at radius 2 is 2.04 bits per heavy atom. The Labute approximate surface area is 138 Å².